The van der Waals surface area contributed by atoms with Crippen LogP contribution in [0.3, 0.4) is 0 Å². The van der Waals surface area contributed by atoms with Crippen LogP contribution in [0, 0.1) is 0 Å². The van der Waals surface area contributed by atoms with Crippen LogP contribution in [0.5, 0.6) is 0 Å². The molecule has 0 aliphatic heterocycles. The number of hydrogen-bond donors (Lipinski definition) is 2. The van der Waals surface area contributed by atoms with E-state index in [0.717, 1.165) is 4.88 Å². The molecular formula is C20H24N2O5S. The quantitative estimate of drug-likeness (QED) is 0.711. The highest BCUT2D eigenvalue weighted by atomic mass is 32.1. The van der Waals surface area contributed by atoms with Gasteiger partial charge in [0, 0.05) is 10.6 Å². The molecule has 7 nitrogen and oxygen atoms in total. The van der Waals surface area contributed by atoms with Gasteiger partial charge in [0.15, 0.2) is 6.10 Å². The molecule has 0 saturated heterocycles. The average Bonchev–Trinajstić information content (AvgIpc) is 3.12. The van der Waals surface area contributed by atoms with Crippen molar-refractivity contribution in [2.24, 2.45) is 0 Å². The molecule has 0 fully saturated rings. The van der Waals surface area contributed by atoms with E-state index in [1.165, 1.54) is 30.4 Å². The highest BCUT2D eigenvalue weighted by Crippen LogP contribution is 2.14. The topological polar surface area (TPSA) is 93.7 Å². The van der Waals surface area contributed by atoms with Gasteiger partial charge in [-0.05, 0) is 63.4 Å². The highest BCUT2D eigenvalue weighted by molar-refractivity contribution is 7.09. The summed E-state index contributed by atoms with van der Waals surface area (Å²) in [5.74, 6) is -0.993. The van der Waals surface area contributed by atoms with Crippen LogP contribution in [0.15, 0.2) is 41.8 Å². The second-order valence-electron chi connectivity index (χ2n) is 7.05. The predicted octanol–water partition coefficient (Wildman–Crippen LogP) is 3.96. The van der Waals surface area contributed by atoms with E-state index in [1.54, 1.807) is 32.9 Å². The number of hydrogen-bond acceptors (Lipinski definition) is 6. The Morgan fingerprint density at radius 3 is 2.36 bits per heavy atom. The van der Waals surface area contributed by atoms with Crippen LogP contribution < -0.4 is 10.6 Å². The summed E-state index contributed by atoms with van der Waals surface area (Å²) in [5, 5.41) is 7.22. The lowest BCUT2D eigenvalue weighted by atomic mass is 10.2. The molecule has 0 bridgehead atoms. The highest BCUT2D eigenvalue weighted by Gasteiger charge is 2.19. The van der Waals surface area contributed by atoms with E-state index in [0.29, 0.717) is 12.2 Å². The summed E-state index contributed by atoms with van der Waals surface area (Å²) in [6.07, 6.45) is -1.51. The zero-order valence-electron chi connectivity index (χ0n) is 16.3. The zero-order chi connectivity index (χ0) is 20.7. The lowest BCUT2D eigenvalue weighted by Gasteiger charge is -2.19. The van der Waals surface area contributed by atoms with Crippen molar-refractivity contribution in [2.45, 2.75) is 45.9 Å². The first-order valence-electron chi connectivity index (χ1n) is 8.75. The van der Waals surface area contributed by atoms with Crippen molar-refractivity contribution in [1.82, 2.24) is 5.32 Å². The van der Waals surface area contributed by atoms with Gasteiger partial charge in [-0.2, -0.15) is 0 Å². The fraction of sp³-hybridized carbons (Fsp3) is 0.350. The Morgan fingerprint density at radius 2 is 1.79 bits per heavy atom. The Kier molecular flexibility index (Phi) is 7.17. The minimum Gasteiger partial charge on any atom is -0.449 e. The van der Waals surface area contributed by atoms with Gasteiger partial charge in [0.1, 0.15) is 5.60 Å². The standard InChI is InChI=1S/C20H24N2O5S/c1-13(17(23)21-12-16-6-5-11-28-16)26-18(24)14-7-9-15(10-8-14)22-19(25)27-20(2,3)4/h5-11,13H,12H2,1-4H3,(H,21,23)(H,22,25)/t13-/m1/s1. The van der Waals surface area contributed by atoms with Crippen LogP contribution in [0.1, 0.15) is 42.9 Å². The summed E-state index contributed by atoms with van der Waals surface area (Å²) in [7, 11) is 0. The SMILES string of the molecule is C[C@@H](OC(=O)c1ccc(NC(=O)OC(C)(C)C)cc1)C(=O)NCc1cccs1. The molecule has 2 aromatic rings. The number of esters is 1. The fourth-order valence-electron chi connectivity index (χ4n) is 2.12. The minimum absolute atomic E-state index is 0.271. The molecule has 1 heterocycles. The molecule has 28 heavy (non-hydrogen) atoms. The van der Waals surface area contributed by atoms with Gasteiger partial charge in [-0.25, -0.2) is 9.59 Å². The maximum atomic E-state index is 12.2. The summed E-state index contributed by atoms with van der Waals surface area (Å²) >= 11 is 1.53. The molecule has 1 atom stereocenters. The molecule has 1 aromatic carbocycles. The van der Waals surface area contributed by atoms with Gasteiger partial charge in [0.25, 0.3) is 5.91 Å². The summed E-state index contributed by atoms with van der Waals surface area (Å²) in [6, 6.07) is 9.94. The third kappa shape index (κ3) is 7.03. The van der Waals surface area contributed by atoms with Crippen molar-refractivity contribution >= 4 is 35.0 Å². The van der Waals surface area contributed by atoms with Gasteiger partial charge in [-0.1, -0.05) is 6.07 Å². The van der Waals surface area contributed by atoms with E-state index in [4.69, 9.17) is 9.47 Å². The van der Waals surface area contributed by atoms with Gasteiger partial charge in [0.05, 0.1) is 12.1 Å². The van der Waals surface area contributed by atoms with Gasteiger partial charge in [0.2, 0.25) is 0 Å². The number of nitrogens with one attached hydrogen (secondary N) is 2. The van der Waals surface area contributed by atoms with E-state index in [-0.39, 0.29) is 11.5 Å². The Hall–Kier alpha value is -2.87. The molecule has 0 aliphatic rings. The number of thiophene rings is 1. The van der Waals surface area contributed by atoms with Crippen LogP contribution in [-0.4, -0.2) is 29.7 Å². The van der Waals surface area contributed by atoms with Crippen molar-refractivity contribution in [3.63, 3.8) is 0 Å². The lowest BCUT2D eigenvalue weighted by molar-refractivity contribution is -0.129. The van der Waals surface area contributed by atoms with Crippen molar-refractivity contribution in [3.8, 4) is 0 Å². The average molecular weight is 404 g/mol. The van der Waals surface area contributed by atoms with Crippen LogP contribution in [0.4, 0.5) is 10.5 Å². The number of ether oxygens (including phenoxy) is 2. The molecule has 1 aromatic heterocycles. The Labute approximate surface area is 168 Å². The van der Waals surface area contributed by atoms with Crippen molar-refractivity contribution in [2.75, 3.05) is 5.32 Å². The molecule has 2 amide bonds. The summed E-state index contributed by atoms with van der Waals surface area (Å²) in [4.78, 5) is 37.0. The Bertz CT molecular complexity index is 810. The Balaban J connectivity index is 1.84. The van der Waals surface area contributed by atoms with Crippen molar-refractivity contribution in [3.05, 3.63) is 52.2 Å². The third-order valence-corrected chi connectivity index (χ3v) is 4.31. The van der Waals surface area contributed by atoms with Crippen LogP contribution >= 0.6 is 11.3 Å². The number of carbonyl (C=O) groups excluding carboxylic acids is 3. The second kappa shape index (κ2) is 9.36. The molecule has 0 unspecified atom stereocenters. The monoisotopic (exact) mass is 404 g/mol. The number of anilines is 1. The van der Waals surface area contributed by atoms with E-state index >= 15 is 0 Å². The van der Waals surface area contributed by atoms with Crippen molar-refractivity contribution < 1.29 is 23.9 Å². The first-order valence-corrected chi connectivity index (χ1v) is 9.63. The number of benzene rings is 1. The molecule has 150 valence electrons. The van der Waals surface area contributed by atoms with Gasteiger partial charge >= 0.3 is 12.1 Å². The Morgan fingerprint density at radius 1 is 1.11 bits per heavy atom. The molecule has 0 aliphatic carbocycles. The maximum absolute atomic E-state index is 12.2. The predicted molar refractivity (Wildman–Crippen MR) is 107 cm³/mol. The smallest absolute Gasteiger partial charge is 0.412 e. The van der Waals surface area contributed by atoms with Gasteiger partial charge < -0.3 is 14.8 Å². The van der Waals surface area contributed by atoms with Gasteiger partial charge in [-0.15, -0.1) is 11.3 Å². The summed E-state index contributed by atoms with van der Waals surface area (Å²) in [5.41, 5.74) is 0.147. The van der Waals surface area contributed by atoms with E-state index < -0.39 is 23.8 Å². The number of carbonyl (C=O) groups is 3. The first kappa shape index (κ1) is 21.4. The molecular weight excluding hydrogens is 380 g/mol. The number of rotatable bonds is 6. The van der Waals surface area contributed by atoms with Gasteiger partial charge in [-0.3, -0.25) is 10.1 Å². The molecule has 8 heteroatoms. The van der Waals surface area contributed by atoms with Crippen LogP contribution in [0.2, 0.25) is 0 Å². The second-order valence-corrected chi connectivity index (χ2v) is 8.08. The van der Waals surface area contributed by atoms with E-state index in [1.807, 2.05) is 17.5 Å². The fourth-order valence-corrected chi connectivity index (χ4v) is 2.77. The normalized spacial score (nSPS) is 12.0. The van der Waals surface area contributed by atoms with Crippen molar-refractivity contribution in [1.29, 1.82) is 0 Å². The first-order chi connectivity index (χ1) is 13.1. The third-order valence-electron chi connectivity index (χ3n) is 3.44. The zero-order valence-corrected chi connectivity index (χ0v) is 17.1. The molecule has 2 N–H and O–H groups in total. The summed E-state index contributed by atoms with van der Waals surface area (Å²) < 4.78 is 10.4. The lowest BCUT2D eigenvalue weighted by Crippen LogP contribution is -2.35. The summed E-state index contributed by atoms with van der Waals surface area (Å²) in [6.45, 7) is 7.21. The molecule has 2 rings (SSSR count). The maximum Gasteiger partial charge on any atom is 0.412 e. The van der Waals surface area contributed by atoms with Crippen LogP contribution in [-0.2, 0) is 20.8 Å². The molecule has 0 radical (unpaired) electrons. The van der Waals surface area contributed by atoms with Crippen LogP contribution in [0.25, 0.3) is 0 Å². The van der Waals surface area contributed by atoms with E-state index in [2.05, 4.69) is 10.6 Å². The largest absolute Gasteiger partial charge is 0.449 e. The number of amides is 2. The molecule has 0 saturated carbocycles. The molecule has 0 spiro atoms. The van der Waals surface area contributed by atoms with E-state index in [9.17, 15) is 14.4 Å². The minimum atomic E-state index is -0.924.